The first-order valence-electron chi connectivity index (χ1n) is 7.38. The van der Waals surface area contributed by atoms with Crippen LogP contribution < -0.4 is 10.5 Å². The molecule has 4 heteroatoms. The number of nitrogens with two attached hydrogens (primary N) is 1. The van der Waals surface area contributed by atoms with Gasteiger partial charge in [-0.2, -0.15) is 0 Å². The fourth-order valence-electron chi connectivity index (χ4n) is 2.58. The van der Waals surface area contributed by atoms with Gasteiger partial charge in [-0.25, -0.2) is 0 Å². The number of hydrogen-bond donors (Lipinski definition) is 1. The van der Waals surface area contributed by atoms with E-state index < -0.39 is 6.10 Å². The third kappa shape index (κ3) is 3.73. The summed E-state index contributed by atoms with van der Waals surface area (Å²) in [6.45, 7) is 5.42. The van der Waals surface area contributed by atoms with Gasteiger partial charge in [-0.15, -0.1) is 0 Å². The van der Waals surface area contributed by atoms with Crippen molar-refractivity contribution in [2.24, 2.45) is 5.73 Å². The average Bonchev–Trinajstić information content (AvgIpc) is 2.44. The normalized spacial score (nSPS) is 20.6. The van der Waals surface area contributed by atoms with Crippen LogP contribution in [0.3, 0.4) is 0 Å². The molecule has 4 nitrogen and oxygen atoms in total. The number of carbonyl (C=O) groups is 1. The van der Waals surface area contributed by atoms with Crippen molar-refractivity contribution in [3.8, 4) is 5.75 Å². The number of likely N-dealkylation sites (tertiary alicyclic amines) is 1. The SMILES string of the molecule is CCC(Oc1cccc(C)c1)C(=O)N1CCCC(N)C1. The van der Waals surface area contributed by atoms with Crippen LogP contribution in [0.1, 0.15) is 31.7 Å². The summed E-state index contributed by atoms with van der Waals surface area (Å²) in [5.41, 5.74) is 7.07. The summed E-state index contributed by atoms with van der Waals surface area (Å²) < 4.78 is 5.86. The molecule has 2 unspecified atom stereocenters. The minimum absolute atomic E-state index is 0.0594. The largest absolute Gasteiger partial charge is 0.481 e. The van der Waals surface area contributed by atoms with E-state index in [-0.39, 0.29) is 11.9 Å². The highest BCUT2D eigenvalue weighted by atomic mass is 16.5. The Morgan fingerprint density at radius 2 is 2.35 bits per heavy atom. The number of ether oxygens (including phenoxy) is 1. The summed E-state index contributed by atoms with van der Waals surface area (Å²) in [4.78, 5) is 14.4. The standard InChI is InChI=1S/C16H24N2O2/c1-3-15(20-14-8-4-6-12(2)10-14)16(19)18-9-5-7-13(17)11-18/h4,6,8,10,13,15H,3,5,7,9,11,17H2,1-2H3. The zero-order valence-corrected chi connectivity index (χ0v) is 12.3. The van der Waals surface area contributed by atoms with Crippen molar-refractivity contribution >= 4 is 5.91 Å². The quantitative estimate of drug-likeness (QED) is 0.916. The van der Waals surface area contributed by atoms with Crippen LogP contribution in [-0.2, 0) is 4.79 Å². The van der Waals surface area contributed by atoms with Gasteiger partial charge in [-0.1, -0.05) is 19.1 Å². The smallest absolute Gasteiger partial charge is 0.263 e. The topological polar surface area (TPSA) is 55.6 Å². The molecule has 0 bridgehead atoms. The molecule has 0 aliphatic carbocycles. The molecule has 20 heavy (non-hydrogen) atoms. The van der Waals surface area contributed by atoms with Crippen molar-refractivity contribution in [1.82, 2.24) is 4.90 Å². The summed E-state index contributed by atoms with van der Waals surface area (Å²) in [7, 11) is 0. The van der Waals surface area contributed by atoms with Gasteiger partial charge < -0.3 is 15.4 Å². The van der Waals surface area contributed by atoms with Crippen molar-refractivity contribution in [2.75, 3.05) is 13.1 Å². The Hall–Kier alpha value is -1.55. The van der Waals surface area contributed by atoms with Gasteiger partial charge >= 0.3 is 0 Å². The Morgan fingerprint density at radius 1 is 1.55 bits per heavy atom. The van der Waals surface area contributed by atoms with E-state index in [1.54, 1.807) is 0 Å². The number of amides is 1. The molecule has 0 radical (unpaired) electrons. The van der Waals surface area contributed by atoms with E-state index in [4.69, 9.17) is 10.5 Å². The fraction of sp³-hybridized carbons (Fsp3) is 0.562. The van der Waals surface area contributed by atoms with Crippen LogP contribution >= 0.6 is 0 Å². The van der Waals surface area contributed by atoms with Gasteiger partial charge in [0.05, 0.1) is 0 Å². The predicted octanol–water partition coefficient (Wildman–Crippen LogP) is 2.10. The molecule has 0 aromatic heterocycles. The van der Waals surface area contributed by atoms with Crippen LogP contribution in [0.15, 0.2) is 24.3 Å². The fourth-order valence-corrected chi connectivity index (χ4v) is 2.58. The van der Waals surface area contributed by atoms with Crippen molar-refractivity contribution in [3.63, 3.8) is 0 Å². The van der Waals surface area contributed by atoms with Crippen molar-refractivity contribution in [1.29, 1.82) is 0 Å². The maximum Gasteiger partial charge on any atom is 0.263 e. The Bertz CT molecular complexity index is 462. The highest BCUT2D eigenvalue weighted by Crippen LogP contribution is 2.18. The Labute approximate surface area is 120 Å². The molecular formula is C16H24N2O2. The number of carbonyl (C=O) groups excluding carboxylic acids is 1. The van der Waals surface area contributed by atoms with E-state index in [1.165, 1.54) is 0 Å². The molecule has 2 rings (SSSR count). The lowest BCUT2D eigenvalue weighted by atomic mass is 10.1. The summed E-state index contributed by atoms with van der Waals surface area (Å²) in [6, 6.07) is 7.91. The third-order valence-electron chi connectivity index (χ3n) is 3.68. The van der Waals surface area contributed by atoms with E-state index in [0.717, 1.165) is 30.7 Å². The Morgan fingerprint density at radius 3 is 3.00 bits per heavy atom. The number of nitrogens with zero attached hydrogens (tertiary/aromatic N) is 1. The van der Waals surface area contributed by atoms with Gasteiger partial charge in [-0.05, 0) is 43.9 Å². The summed E-state index contributed by atoms with van der Waals surface area (Å²) in [5, 5.41) is 0. The Kier molecular flexibility index (Phi) is 5.01. The highest BCUT2D eigenvalue weighted by Gasteiger charge is 2.28. The van der Waals surface area contributed by atoms with Crippen molar-refractivity contribution in [3.05, 3.63) is 29.8 Å². The molecule has 1 aliphatic heterocycles. The van der Waals surface area contributed by atoms with Crippen molar-refractivity contribution < 1.29 is 9.53 Å². The van der Waals surface area contributed by atoms with Gasteiger partial charge in [-0.3, -0.25) is 4.79 Å². The molecular weight excluding hydrogens is 252 g/mol. The lowest BCUT2D eigenvalue weighted by molar-refractivity contribution is -0.140. The molecule has 1 aromatic rings. The second-order valence-electron chi connectivity index (χ2n) is 5.52. The Balaban J connectivity index is 2.02. The van der Waals surface area contributed by atoms with Crippen LogP contribution in [0.5, 0.6) is 5.75 Å². The first-order valence-corrected chi connectivity index (χ1v) is 7.38. The number of piperidine rings is 1. The average molecular weight is 276 g/mol. The lowest BCUT2D eigenvalue weighted by Crippen LogP contribution is -2.50. The number of hydrogen-bond acceptors (Lipinski definition) is 3. The van der Waals surface area contributed by atoms with E-state index in [0.29, 0.717) is 13.0 Å². The van der Waals surface area contributed by atoms with E-state index >= 15 is 0 Å². The van der Waals surface area contributed by atoms with Gasteiger partial charge in [0.15, 0.2) is 6.10 Å². The molecule has 2 atom stereocenters. The predicted molar refractivity (Wildman–Crippen MR) is 79.7 cm³/mol. The summed E-state index contributed by atoms with van der Waals surface area (Å²) >= 11 is 0. The first-order chi connectivity index (χ1) is 9.60. The van der Waals surface area contributed by atoms with Gasteiger partial charge in [0.2, 0.25) is 0 Å². The van der Waals surface area contributed by atoms with E-state index in [1.807, 2.05) is 43.0 Å². The van der Waals surface area contributed by atoms with Crippen LogP contribution in [0.25, 0.3) is 0 Å². The van der Waals surface area contributed by atoms with Crippen LogP contribution in [0.2, 0.25) is 0 Å². The summed E-state index contributed by atoms with van der Waals surface area (Å²) in [5.74, 6) is 0.815. The number of benzene rings is 1. The summed E-state index contributed by atoms with van der Waals surface area (Å²) in [6.07, 6.45) is 2.23. The maximum atomic E-state index is 12.5. The number of aryl methyl sites for hydroxylation is 1. The molecule has 1 heterocycles. The van der Waals surface area contributed by atoms with Gasteiger partial charge in [0.25, 0.3) is 5.91 Å². The molecule has 1 aliphatic rings. The molecule has 110 valence electrons. The second kappa shape index (κ2) is 6.75. The minimum Gasteiger partial charge on any atom is -0.481 e. The molecule has 0 spiro atoms. The molecule has 2 N–H and O–H groups in total. The molecule has 0 saturated carbocycles. The van der Waals surface area contributed by atoms with E-state index in [9.17, 15) is 4.79 Å². The molecule has 1 amide bonds. The monoisotopic (exact) mass is 276 g/mol. The van der Waals surface area contributed by atoms with E-state index in [2.05, 4.69) is 0 Å². The van der Waals surface area contributed by atoms with Crippen LogP contribution in [0, 0.1) is 6.92 Å². The van der Waals surface area contributed by atoms with Gasteiger partial charge in [0.1, 0.15) is 5.75 Å². The van der Waals surface area contributed by atoms with Gasteiger partial charge in [0, 0.05) is 19.1 Å². The molecule has 1 aromatic carbocycles. The maximum absolute atomic E-state index is 12.5. The zero-order valence-electron chi connectivity index (χ0n) is 12.3. The minimum atomic E-state index is -0.415. The first kappa shape index (κ1) is 14.9. The molecule has 1 fully saturated rings. The zero-order chi connectivity index (χ0) is 14.5. The second-order valence-corrected chi connectivity index (χ2v) is 5.52. The van der Waals surface area contributed by atoms with Crippen molar-refractivity contribution in [2.45, 2.75) is 45.3 Å². The number of rotatable bonds is 4. The molecule has 1 saturated heterocycles. The highest BCUT2D eigenvalue weighted by molar-refractivity contribution is 5.81. The van der Waals surface area contributed by atoms with Crippen LogP contribution in [0.4, 0.5) is 0 Å². The third-order valence-corrected chi connectivity index (χ3v) is 3.68. The van der Waals surface area contributed by atoms with Crippen LogP contribution in [-0.4, -0.2) is 36.0 Å². The lowest BCUT2D eigenvalue weighted by Gasteiger charge is -2.33.